The van der Waals surface area contributed by atoms with Crippen LogP contribution in [0.4, 0.5) is 11.1 Å². The third-order valence-corrected chi connectivity index (χ3v) is 9.60. The Kier molecular flexibility index (Phi) is 7.56. The number of carbonyl (C=O) groups excluding carboxylic acids is 1. The summed E-state index contributed by atoms with van der Waals surface area (Å²) in [6, 6.07) is 9.65. The normalized spacial score (nSPS) is 14.9. The zero-order valence-electron chi connectivity index (χ0n) is 22.7. The fourth-order valence-corrected chi connectivity index (χ4v) is 6.65. The van der Waals surface area contributed by atoms with Gasteiger partial charge in [-0.2, -0.15) is 0 Å². The summed E-state index contributed by atoms with van der Waals surface area (Å²) in [5, 5.41) is 3.44. The molecule has 0 aliphatic carbocycles. The number of aryl methyl sites for hydroxylation is 1. The SMILES string of the molecule is CCS(=O)(=O)c1ccc(CC(=O)Nc2nc3c(s2)CN(c2ncc(-c4ccc(=O)n(C)c4)cn2)C3C(C)C)cc1. The van der Waals surface area contributed by atoms with Gasteiger partial charge in [-0.05, 0) is 29.7 Å². The summed E-state index contributed by atoms with van der Waals surface area (Å²) < 4.78 is 25.6. The number of benzene rings is 1. The van der Waals surface area contributed by atoms with Crippen molar-refractivity contribution in [1.29, 1.82) is 0 Å². The summed E-state index contributed by atoms with van der Waals surface area (Å²) >= 11 is 1.44. The Morgan fingerprint density at radius 1 is 1.10 bits per heavy atom. The van der Waals surface area contributed by atoms with Crippen LogP contribution < -0.4 is 15.8 Å². The van der Waals surface area contributed by atoms with E-state index >= 15 is 0 Å². The molecule has 0 bridgehead atoms. The van der Waals surface area contributed by atoms with Crippen LogP contribution in [0.15, 0.2) is 64.7 Å². The van der Waals surface area contributed by atoms with Gasteiger partial charge in [0, 0.05) is 42.8 Å². The minimum Gasteiger partial charge on any atom is -0.327 e. The second-order valence-corrected chi connectivity index (χ2v) is 13.4. The second kappa shape index (κ2) is 10.9. The minimum absolute atomic E-state index is 0.0324. The number of thiazole rings is 1. The zero-order chi connectivity index (χ0) is 28.6. The lowest BCUT2D eigenvalue weighted by molar-refractivity contribution is -0.115. The number of fused-ring (bicyclic) bond motifs is 1. The summed E-state index contributed by atoms with van der Waals surface area (Å²) in [4.78, 5) is 41.9. The highest BCUT2D eigenvalue weighted by atomic mass is 32.2. The van der Waals surface area contributed by atoms with E-state index in [1.165, 1.54) is 34.1 Å². The third-order valence-electron chi connectivity index (χ3n) is 6.88. The van der Waals surface area contributed by atoms with Crippen molar-refractivity contribution in [3.05, 3.63) is 81.5 Å². The summed E-state index contributed by atoms with van der Waals surface area (Å²) in [5.41, 5.74) is 3.24. The Balaban J connectivity index is 1.28. The number of carbonyl (C=O) groups is 1. The monoisotopic (exact) mass is 578 g/mol. The van der Waals surface area contributed by atoms with Crippen molar-refractivity contribution < 1.29 is 13.2 Å². The van der Waals surface area contributed by atoms with Crippen LogP contribution in [-0.4, -0.2) is 39.6 Å². The predicted octanol–water partition coefficient (Wildman–Crippen LogP) is 3.99. The number of aromatic nitrogens is 4. The molecular weight excluding hydrogens is 548 g/mol. The van der Waals surface area contributed by atoms with Gasteiger partial charge in [-0.1, -0.05) is 44.2 Å². The topological polar surface area (TPSA) is 127 Å². The Labute approximate surface area is 236 Å². The Morgan fingerprint density at radius 2 is 1.80 bits per heavy atom. The molecule has 1 amide bonds. The van der Waals surface area contributed by atoms with Crippen LogP contribution in [-0.2, 0) is 34.6 Å². The molecule has 1 aliphatic heterocycles. The van der Waals surface area contributed by atoms with Crippen LogP contribution in [0, 0.1) is 5.92 Å². The Morgan fingerprint density at radius 3 is 2.42 bits per heavy atom. The first-order valence-corrected chi connectivity index (χ1v) is 15.4. The highest BCUT2D eigenvalue weighted by Crippen LogP contribution is 2.43. The lowest BCUT2D eigenvalue weighted by Crippen LogP contribution is -2.27. The molecule has 10 nitrogen and oxygen atoms in total. The Bertz CT molecular complexity index is 1710. The van der Waals surface area contributed by atoms with Gasteiger partial charge in [0.15, 0.2) is 15.0 Å². The second-order valence-electron chi connectivity index (χ2n) is 10.1. The first kappa shape index (κ1) is 27.7. The van der Waals surface area contributed by atoms with Crippen LogP contribution in [0.2, 0.25) is 0 Å². The number of sulfone groups is 1. The van der Waals surface area contributed by atoms with E-state index < -0.39 is 9.84 Å². The number of amides is 1. The molecule has 4 heterocycles. The van der Waals surface area contributed by atoms with Gasteiger partial charge in [-0.25, -0.2) is 23.4 Å². The lowest BCUT2D eigenvalue weighted by atomic mass is 10.0. The standard InChI is InChI=1S/C28H30N6O4S2/c1-5-40(37,38)21-9-6-18(7-10-21)12-23(35)31-28-32-25-22(39-28)16-34(26(25)17(2)3)27-29-13-20(14-30-27)19-8-11-24(36)33(4)15-19/h6-11,13-15,17,26H,5,12,16H2,1-4H3,(H,31,32,35). The summed E-state index contributed by atoms with van der Waals surface area (Å²) in [5.74, 6) is 0.632. The first-order chi connectivity index (χ1) is 19.1. The molecule has 4 aromatic rings. The average Bonchev–Trinajstić information content (AvgIpc) is 3.47. The molecule has 0 saturated heterocycles. The van der Waals surface area contributed by atoms with Crippen LogP contribution >= 0.6 is 11.3 Å². The van der Waals surface area contributed by atoms with Gasteiger partial charge in [0.05, 0.1) is 40.2 Å². The highest BCUT2D eigenvalue weighted by molar-refractivity contribution is 7.91. The van der Waals surface area contributed by atoms with Crippen molar-refractivity contribution in [3.63, 3.8) is 0 Å². The van der Waals surface area contributed by atoms with Gasteiger partial charge in [-0.15, -0.1) is 0 Å². The van der Waals surface area contributed by atoms with Gasteiger partial charge in [0.2, 0.25) is 17.4 Å². The van der Waals surface area contributed by atoms with Crippen molar-refractivity contribution in [2.75, 3.05) is 16.0 Å². The lowest BCUT2D eigenvalue weighted by Gasteiger charge is -2.27. The number of hydrogen-bond acceptors (Lipinski definition) is 9. The molecule has 12 heteroatoms. The van der Waals surface area contributed by atoms with Crippen LogP contribution in [0.1, 0.15) is 42.9 Å². The van der Waals surface area contributed by atoms with Gasteiger partial charge >= 0.3 is 0 Å². The summed E-state index contributed by atoms with van der Waals surface area (Å²) in [7, 11) is -1.57. The molecule has 0 fully saturated rings. The molecule has 40 heavy (non-hydrogen) atoms. The van der Waals surface area contributed by atoms with Crippen molar-refractivity contribution in [2.24, 2.45) is 13.0 Å². The molecule has 1 aromatic carbocycles. The molecule has 208 valence electrons. The maximum atomic E-state index is 12.7. The molecule has 0 saturated carbocycles. The van der Waals surface area contributed by atoms with E-state index in [4.69, 9.17) is 4.98 Å². The summed E-state index contributed by atoms with van der Waals surface area (Å²) in [6.45, 7) is 6.42. The minimum atomic E-state index is -3.28. The zero-order valence-corrected chi connectivity index (χ0v) is 24.3. The number of pyridine rings is 1. The maximum absolute atomic E-state index is 12.7. The number of anilines is 2. The van der Waals surface area contributed by atoms with Crippen molar-refractivity contribution in [1.82, 2.24) is 19.5 Å². The number of rotatable bonds is 8. The molecule has 1 unspecified atom stereocenters. The highest BCUT2D eigenvalue weighted by Gasteiger charge is 2.37. The number of nitrogens with zero attached hydrogens (tertiary/aromatic N) is 5. The number of hydrogen-bond donors (Lipinski definition) is 1. The molecule has 0 spiro atoms. The maximum Gasteiger partial charge on any atom is 0.250 e. The van der Waals surface area contributed by atoms with E-state index in [9.17, 15) is 18.0 Å². The molecule has 3 aromatic heterocycles. The smallest absolute Gasteiger partial charge is 0.250 e. The van der Waals surface area contributed by atoms with Crippen LogP contribution in [0.3, 0.4) is 0 Å². The van der Waals surface area contributed by atoms with Gasteiger partial charge in [-0.3, -0.25) is 9.59 Å². The quantitative estimate of drug-likeness (QED) is 0.333. The van der Waals surface area contributed by atoms with Crippen LogP contribution in [0.5, 0.6) is 0 Å². The fourth-order valence-electron chi connectivity index (χ4n) is 4.75. The van der Waals surface area contributed by atoms with E-state index in [0.717, 1.165) is 27.3 Å². The van der Waals surface area contributed by atoms with E-state index in [1.54, 1.807) is 50.8 Å². The number of nitrogens with one attached hydrogen (secondary N) is 1. The fraction of sp³-hybridized carbons (Fsp3) is 0.321. The van der Waals surface area contributed by atoms with Gasteiger partial charge < -0.3 is 14.8 Å². The van der Waals surface area contributed by atoms with Crippen LogP contribution in [0.25, 0.3) is 11.1 Å². The van der Waals surface area contributed by atoms with Crippen molar-refractivity contribution >= 4 is 38.2 Å². The third kappa shape index (κ3) is 5.54. The largest absolute Gasteiger partial charge is 0.327 e. The molecule has 1 N–H and O–H groups in total. The van der Waals surface area contributed by atoms with Gasteiger partial charge in [0.1, 0.15) is 0 Å². The molecule has 1 atom stereocenters. The van der Waals surface area contributed by atoms with Crippen molar-refractivity contribution in [3.8, 4) is 11.1 Å². The van der Waals surface area contributed by atoms with Gasteiger partial charge in [0.25, 0.3) is 0 Å². The first-order valence-electron chi connectivity index (χ1n) is 12.9. The average molecular weight is 579 g/mol. The van der Waals surface area contributed by atoms with E-state index in [1.807, 2.05) is 0 Å². The van der Waals surface area contributed by atoms with Crippen molar-refractivity contribution in [2.45, 2.75) is 44.7 Å². The summed E-state index contributed by atoms with van der Waals surface area (Å²) in [6.07, 6.45) is 5.40. The van der Waals surface area contributed by atoms with E-state index in [2.05, 4.69) is 34.0 Å². The molecule has 0 radical (unpaired) electrons. The van der Waals surface area contributed by atoms with E-state index in [-0.39, 0.29) is 40.5 Å². The molecule has 1 aliphatic rings. The predicted molar refractivity (Wildman–Crippen MR) is 155 cm³/mol. The molecule has 5 rings (SSSR count). The van der Waals surface area contributed by atoms with E-state index in [0.29, 0.717) is 17.6 Å². The molecular formula is C28H30N6O4S2. The Hall–Kier alpha value is -3.90.